The molecule has 0 saturated carbocycles. The molecule has 2 aromatic heterocycles. The zero-order valence-corrected chi connectivity index (χ0v) is 14.5. The largest absolute Gasteiger partial charge is 0.480 e. The van der Waals surface area contributed by atoms with Crippen molar-refractivity contribution in [3.05, 3.63) is 41.9 Å². The Hall–Kier alpha value is -2.90. The number of nitrogens with one attached hydrogen (secondary N) is 1. The number of aryl methyl sites for hydroxylation is 1. The van der Waals surface area contributed by atoms with Gasteiger partial charge in [0.05, 0.1) is 24.6 Å². The van der Waals surface area contributed by atoms with E-state index in [9.17, 15) is 9.59 Å². The number of nitrogens with zero attached hydrogens (tertiary/aromatic N) is 4. The van der Waals surface area contributed by atoms with E-state index >= 15 is 0 Å². The number of carbonyl (C=O) groups excluding carboxylic acids is 2. The van der Waals surface area contributed by atoms with Crippen LogP contribution in [0.1, 0.15) is 23.6 Å². The normalized spacial score (nSPS) is 20.0. The standard InChI is InChI=1S/C17H21N5O3/c1-21-10-12(17(20-21)25-3)9-19-16(24)13-7-14(23)22(2)15(13)11-5-4-6-18-8-11/h4-6,8,10,13,15H,7,9H2,1-3H3,(H,19,24)/t13-,15+/m1/s1. The maximum absolute atomic E-state index is 12.7. The van der Waals surface area contributed by atoms with E-state index in [0.29, 0.717) is 12.4 Å². The molecule has 0 aliphatic carbocycles. The fraction of sp³-hybridized carbons (Fsp3) is 0.412. The monoisotopic (exact) mass is 343 g/mol. The van der Waals surface area contributed by atoms with Crippen LogP contribution in [-0.4, -0.2) is 45.6 Å². The molecule has 0 aromatic carbocycles. The highest BCUT2D eigenvalue weighted by atomic mass is 16.5. The van der Waals surface area contributed by atoms with Crippen LogP contribution in [0.4, 0.5) is 0 Å². The zero-order chi connectivity index (χ0) is 18.0. The molecule has 8 nitrogen and oxygen atoms in total. The third-order valence-corrected chi connectivity index (χ3v) is 4.46. The maximum atomic E-state index is 12.7. The molecule has 3 heterocycles. The third kappa shape index (κ3) is 3.33. The number of carbonyl (C=O) groups is 2. The minimum Gasteiger partial charge on any atom is -0.480 e. The second-order valence-electron chi connectivity index (χ2n) is 6.10. The van der Waals surface area contributed by atoms with Gasteiger partial charge in [0, 0.05) is 45.7 Å². The van der Waals surface area contributed by atoms with Crippen LogP contribution in [0.3, 0.4) is 0 Å². The Labute approximate surface area is 145 Å². The van der Waals surface area contributed by atoms with Gasteiger partial charge in [0.25, 0.3) is 0 Å². The van der Waals surface area contributed by atoms with Crippen molar-refractivity contribution in [2.45, 2.75) is 19.0 Å². The summed E-state index contributed by atoms with van der Waals surface area (Å²) in [5.41, 5.74) is 1.64. The molecule has 132 valence electrons. The fourth-order valence-corrected chi connectivity index (χ4v) is 3.24. The van der Waals surface area contributed by atoms with Crippen molar-refractivity contribution in [2.24, 2.45) is 13.0 Å². The molecule has 1 N–H and O–H groups in total. The van der Waals surface area contributed by atoms with Crippen molar-refractivity contribution in [3.8, 4) is 5.88 Å². The molecule has 2 atom stereocenters. The van der Waals surface area contributed by atoms with Crippen molar-refractivity contribution in [3.63, 3.8) is 0 Å². The Morgan fingerprint density at radius 2 is 2.24 bits per heavy atom. The van der Waals surface area contributed by atoms with E-state index in [-0.39, 0.29) is 24.3 Å². The number of methoxy groups -OCH3 is 1. The van der Waals surface area contributed by atoms with Gasteiger partial charge in [-0.25, -0.2) is 0 Å². The van der Waals surface area contributed by atoms with Crippen LogP contribution in [0.2, 0.25) is 0 Å². The summed E-state index contributed by atoms with van der Waals surface area (Å²) in [5, 5.41) is 7.06. The van der Waals surface area contributed by atoms with Crippen LogP contribution in [0, 0.1) is 5.92 Å². The predicted octanol–water partition coefficient (Wildman–Crippen LogP) is 0.660. The van der Waals surface area contributed by atoms with Crippen molar-refractivity contribution in [2.75, 3.05) is 14.2 Å². The van der Waals surface area contributed by atoms with Crippen molar-refractivity contribution in [1.29, 1.82) is 0 Å². The van der Waals surface area contributed by atoms with Crippen molar-refractivity contribution >= 4 is 11.8 Å². The lowest BCUT2D eigenvalue weighted by molar-refractivity contribution is -0.128. The number of hydrogen-bond acceptors (Lipinski definition) is 5. The summed E-state index contributed by atoms with van der Waals surface area (Å²) < 4.78 is 6.83. The number of rotatable bonds is 5. The second-order valence-corrected chi connectivity index (χ2v) is 6.10. The van der Waals surface area contributed by atoms with E-state index in [1.54, 1.807) is 48.3 Å². The van der Waals surface area contributed by atoms with E-state index in [4.69, 9.17) is 4.74 Å². The highest BCUT2D eigenvalue weighted by Gasteiger charge is 2.42. The van der Waals surface area contributed by atoms with Gasteiger partial charge in [-0.1, -0.05) is 6.07 Å². The Kier molecular flexibility index (Phi) is 4.69. The van der Waals surface area contributed by atoms with Crippen LogP contribution >= 0.6 is 0 Å². The molecule has 2 aromatic rings. The van der Waals surface area contributed by atoms with Gasteiger partial charge in [-0.15, -0.1) is 5.10 Å². The minimum atomic E-state index is -0.454. The van der Waals surface area contributed by atoms with Crippen LogP contribution in [0.5, 0.6) is 5.88 Å². The van der Waals surface area contributed by atoms with E-state index < -0.39 is 5.92 Å². The van der Waals surface area contributed by atoms with Gasteiger partial charge in [-0.2, -0.15) is 0 Å². The molecule has 3 rings (SSSR count). The van der Waals surface area contributed by atoms with Gasteiger partial charge in [0.1, 0.15) is 0 Å². The average Bonchev–Trinajstić information content (AvgIpc) is 3.13. The molecule has 0 radical (unpaired) electrons. The number of ether oxygens (including phenoxy) is 1. The Balaban J connectivity index is 1.75. The topological polar surface area (TPSA) is 89.3 Å². The first-order valence-electron chi connectivity index (χ1n) is 8.01. The molecule has 2 amide bonds. The summed E-state index contributed by atoms with van der Waals surface area (Å²) in [6, 6.07) is 3.38. The van der Waals surface area contributed by atoms with Gasteiger partial charge in [0.15, 0.2) is 0 Å². The maximum Gasteiger partial charge on any atom is 0.237 e. The zero-order valence-electron chi connectivity index (χ0n) is 14.5. The van der Waals surface area contributed by atoms with Gasteiger partial charge in [0.2, 0.25) is 17.7 Å². The van der Waals surface area contributed by atoms with Crippen molar-refractivity contribution < 1.29 is 14.3 Å². The lowest BCUT2D eigenvalue weighted by atomic mass is 9.94. The quantitative estimate of drug-likeness (QED) is 0.861. The van der Waals surface area contributed by atoms with E-state index in [0.717, 1.165) is 11.1 Å². The molecule has 1 aliphatic rings. The first kappa shape index (κ1) is 16.9. The molecule has 1 saturated heterocycles. The van der Waals surface area contributed by atoms with Crippen LogP contribution in [0.25, 0.3) is 0 Å². The van der Waals surface area contributed by atoms with E-state index in [1.165, 1.54) is 7.11 Å². The molecular formula is C17H21N5O3. The first-order chi connectivity index (χ1) is 12.0. The molecule has 0 unspecified atom stereocenters. The summed E-state index contributed by atoms with van der Waals surface area (Å²) in [4.78, 5) is 30.6. The summed E-state index contributed by atoms with van der Waals surface area (Å²) in [7, 11) is 5.05. The number of pyridine rings is 1. The highest BCUT2D eigenvalue weighted by Crippen LogP contribution is 2.36. The lowest BCUT2D eigenvalue weighted by Crippen LogP contribution is -2.34. The number of amides is 2. The van der Waals surface area contributed by atoms with Gasteiger partial charge < -0.3 is 15.0 Å². The molecule has 1 aliphatic heterocycles. The SMILES string of the molecule is COc1nn(C)cc1CNC(=O)[C@@H]1CC(=O)N(C)[C@H]1c1cccnc1. The summed E-state index contributed by atoms with van der Waals surface area (Å²) >= 11 is 0. The molecule has 0 spiro atoms. The number of hydrogen-bond donors (Lipinski definition) is 1. The molecule has 25 heavy (non-hydrogen) atoms. The molecule has 0 bridgehead atoms. The summed E-state index contributed by atoms with van der Waals surface area (Å²) in [6.07, 6.45) is 5.35. The minimum absolute atomic E-state index is 0.0482. The highest BCUT2D eigenvalue weighted by molar-refractivity contribution is 5.90. The molecular weight excluding hydrogens is 322 g/mol. The lowest BCUT2D eigenvalue weighted by Gasteiger charge is -2.24. The Morgan fingerprint density at radius 3 is 2.92 bits per heavy atom. The van der Waals surface area contributed by atoms with Crippen molar-refractivity contribution in [1.82, 2.24) is 25.0 Å². The van der Waals surface area contributed by atoms with Gasteiger partial charge in [-0.3, -0.25) is 19.3 Å². The first-order valence-corrected chi connectivity index (χ1v) is 8.01. The smallest absolute Gasteiger partial charge is 0.237 e. The predicted molar refractivity (Wildman–Crippen MR) is 89.5 cm³/mol. The Morgan fingerprint density at radius 1 is 1.44 bits per heavy atom. The molecule has 1 fully saturated rings. The third-order valence-electron chi connectivity index (χ3n) is 4.46. The Bertz CT molecular complexity index is 774. The van der Waals surface area contributed by atoms with Gasteiger partial charge in [-0.05, 0) is 11.6 Å². The fourth-order valence-electron chi connectivity index (χ4n) is 3.24. The molecule has 8 heteroatoms. The van der Waals surface area contributed by atoms with Crippen LogP contribution < -0.4 is 10.1 Å². The summed E-state index contributed by atoms with van der Waals surface area (Å²) in [6.45, 7) is 0.296. The van der Waals surface area contributed by atoms with Gasteiger partial charge >= 0.3 is 0 Å². The second kappa shape index (κ2) is 6.92. The van der Waals surface area contributed by atoms with E-state index in [2.05, 4.69) is 15.4 Å². The average molecular weight is 343 g/mol. The van der Waals surface area contributed by atoms with E-state index in [1.807, 2.05) is 6.07 Å². The van der Waals surface area contributed by atoms with Crippen LogP contribution in [-0.2, 0) is 23.2 Å². The summed E-state index contributed by atoms with van der Waals surface area (Å²) in [5.74, 6) is -0.194. The number of aromatic nitrogens is 3. The number of likely N-dealkylation sites (tertiary alicyclic amines) is 1. The van der Waals surface area contributed by atoms with Crippen LogP contribution in [0.15, 0.2) is 30.7 Å².